The Labute approximate surface area is 197 Å². The van der Waals surface area contributed by atoms with Crippen molar-refractivity contribution < 1.29 is 17.9 Å². The predicted octanol–water partition coefficient (Wildman–Crippen LogP) is 4.23. The van der Waals surface area contributed by atoms with Gasteiger partial charge in [-0.05, 0) is 69.7 Å². The van der Waals surface area contributed by atoms with Crippen LogP contribution in [0.1, 0.15) is 40.2 Å². The van der Waals surface area contributed by atoms with Crippen LogP contribution in [0.3, 0.4) is 0 Å². The molecule has 0 fully saturated rings. The zero-order valence-corrected chi connectivity index (χ0v) is 21.0. The van der Waals surface area contributed by atoms with Crippen LogP contribution < -0.4 is 19.2 Å². The lowest BCUT2D eigenvalue weighted by Gasteiger charge is -2.30. The van der Waals surface area contributed by atoms with E-state index in [0.717, 1.165) is 32.1 Å². The highest BCUT2D eigenvalue weighted by Gasteiger charge is 2.31. The zero-order chi connectivity index (χ0) is 24.3. The molecule has 1 atom stereocenters. The van der Waals surface area contributed by atoms with Gasteiger partial charge in [-0.15, -0.1) is 0 Å². The molecule has 3 aromatic rings. The lowest BCUT2D eigenvalue weighted by atomic mass is 10.1. The fourth-order valence-corrected chi connectivity index (χ4v) is 6.01. The number of rotatable bonds is 9. The van der Waals surface area contributed by atoms with Crippen LogP contribution in [0, 0.1) is 0 Å². The number of amides is 1. The third-order valence-electron chi connectivity index (χ3n) is 5.13. The predicted molar refractivity (Wildman–Crippen MR) is 134 cm³/mol. The molecule has 0 aliphatic heterocycles. The van der Waals surface area contributed by atoms with Crippen molar-refractivity contribution in [1.82, 2.24) is 4.57 Å². The van der Waals surface area contributed by atoms with Crippen LogP contribution in [-0.4, -0.2) is 37.8 Å². The number of hydrogen-bond acceptors (Lipinski definition) is 6. The number of carbonyl (C=O) groups is 1. The van der Waals surface area contributed by atoms with Gasteiger partial charge < -0.3 is 10.1 Å². The number of nitrogens with one attached hydrogen (secondary N) is 1. The first-order chi connectivity index (χ1) is 15.6. The number of carbonyl (C=O) groups excluding carboxylic acids is 1. The number of benzene rings is 2. The van der Waals surface area contributed by atoms with Crippen molar-refractivity contribution in [2.24, 2.45) is 0 Å². The summed E-state index contributed by atoms with van der Waals surface area (Å²) in [4.78, 5) is 25.4. The molecule has 0 radical (unpaired) electrons. The molecule has 0 saturated carbocycles. The Morgan fingerprint density at radius 1 is 1.15 bits per heavy atom. The van der Waals surface area contributed by atoms with Crippen molar-refractivity contribution in [2.75, 3.05) is 22.5 Å². The van der Waals surface area contributed by atoms with E-state index in [1.54, 1.807) is 54.0 Å². The maximum Gasteiger partial charge on any atom is 0.308 e. The summed E-state index contributed by atoms with van der Waals surface area (Å²) in [5.41, 5.74) is 1.69. The second-order valence-corrected chi connectivity index (χ2v) is 10.8. The number of aromatic nitrogens is 1. The monoisotopic (exact) mass is 491 g/mol. The van der Waals surface area contributed by atoms with Gasteiger partial charge in [-0.25, -0.2) is 8.42 Å². The standard InChI is InChI=1S/C23H29N3O5S2/c1-6-19(26(33(5,29)30)17-9-11-18(12-10-17)31-7-2)22(27)24-16-8-13-20-21(14-16)32-23(28)25(20)15(3)4/h8-15,19H,6-7H2,1-5H3,(H,24,27)/t19-/m1/s1. The summed E-state index contributed by atoms with van der Waals surface area (Å²) in [6.45, 7) is 8.00. The van der Waals surface area contributed by atoms with Crippen LogP contribution in [0.15, 0.2) is 47.3 Å². The van der Waals surface area contributed by atoms with Crippen molar-refractivity contribution in [3.8, 4) is 5.75 Å². The molecule has 0 saturated heterocycles. The molecular weight excluding hydrogens is 462 g/mol. The van der Waals surface area contributed by atoms with Crippen LogP contribution in [0.25, 0.3) is 10.2 Å². The maximum atomic E-state index is 13.2. The maximum absolute atomic E-state index is 13.2. The Morgan fingerprint density at radius 2 is 1.82 bits per heavy atom. The van der Waals surface area contributed by atoms with Gasteiger partial charge in [0.05, 0.1) is 28.8 Å². The average molecular weight is 492 g/mol. The van der Waals surface area contributed by atoms with Crippen LogP contribution in [0.2, 0.25) is 0 Å². The van der Waals surface area contributed by atoms with Crippen LogP contribution in [0.5, 0.6) is 5.75 Å². The Bertz CT molecular complexity index is 1290. The molecule has 178 valence electrons. The molecule has 0 aliphatic carbocycles. The number of fused-ring (bicyclic) bond motifs is 1. The molecule has 1 aromatic heterocycles. The normalized spacial score (nSPS) is 12.7. The van der Waals surface area contributed by atoms with E-state index >= 15 is 0 Å². The third-order valence-corrected chi connectivity index (χ3v) is 7.23. The van der Waals surface area contributed by atoms with E-state index < -0.39 is 22.0 Å². The van der Waals surface area contributed by atoms with E-state index in [9.17, 15) is 18.0 Å². The number of sulfonamides is 1. The van der Waals surface area contributed by atoms with E-state index in [4.69, 9.17) is 4.74 Å². The zero-order valence-electron chi connectivity index (χ0n) is 19.4. The van der Waals surface area contributed by atoms with Gasteiger partial charge in [0.2, 0.25) is 15.9 Å². The van der Waals surface area contributed by atoms with Crippen molar-refractivity contribution >= 4 is 48.9 Å². The van der Waals surface area contributed by atoms with Crippen molar-refractivity contribution in [3.05, 3.63) is 52.1 Å². The smallest absolute Gasteiger partial charge is 0.308 e. The van der Waals surface area contributed by atoms with Gasteiger partial charge in [0, 0.05) is 11.7 Å². The molecule has 10 heteroatoms. The third kappa shape index (κ3) is 5.39. The fraction of sp³-hybridized carbons (Fsp3) is 0.391. The van der Waals surface area contributed by atoms with E-state index in [2.05, 4.69) is 5.32 Å². The Balaban J connectivity index is 1.91. The molecule has 8 nitrogen and oxygen atoms in total. The molecule has 0 aliphatic rings. The first-order valence-corrected chi connectivity index (χ1v) is 13.4. The van der Waals surface area contributed by atoms with E-state index in [0.29, 0.717) is 23.7 Å². The molecule has 1 heterocycles. The number of hydrogen-bond donors (Lipinski definition) is 1. The second kappa shape index (κ2) is 9.96. The van der Waals surface area contributed by atoms with E-state index in [1.807, 2.05) is 20.8 Å². The van der Waals surface area contributed by atoms with Crippen molar-refractivity contribution in [2.45, 2.75) is 46.2 Å². The Morgan fingerprint density at radius 3 is 2.36 bits per heavy atom. The molecular formula is C23H29N3O5S2. The highest BCUT2D eigenvalue weighted by molar-refractivity contribution is 7.92. The van der Waals surface area contributed by atoms with Crippen molar-refractivity contribution in [3.63, 3.8) is 0 Å². The molecule has 33 heavy (non-hydrogen) atoms. The highest BCUT2D eigenvalue weighted by atomic mass is 32.2. The number of ether oxygens (including phenoxy) is 1. The Kier molecular flexibility index (Phi) is 7.48. The summed E-state index contributed by atoms with van der Waals surface area (Å²) in [5.74, 6) is 0.166. The van der Waals surface area contributed by atoms with Gasteiger partial charge in [0.25, 0.3) is 0 Å². The molecule has 0 spiro atoms. The molecule has 2 aromatic carbocycles. The molecule has 0 unspecified atom stereocenters. The lowest BCUT2D eigenvalue weighted by Crippen LogP contribution is -2.46. The Hall–Kier alpha value is -2.85. The van der Waals surface area contributed by atoms with Crippen molar-refractivity contribution in [1.29, 1.82) is 0 Å². The van der Waals surface area contributed by atoms with Gasteiger partial charge in [-0.3, -0.25) is 18.5 Å². The summed E-state index contributed by atoms with van der Waals surface area (Å²) in [5, 5.41) is 2.82. The quantitative estimate of drug-likeness (QED) is 0.483. The number of nitrogens with zero attached hydrogens (tertiary/aromatic N) is 2. The summed E-state index contributed by atoms with van der Waals surface area (Å²) in [7, 11) is -3.75. The largest absolute Gasteiger partial charge is 0.494 e. The minimum absolute atomic E-state index is 0.0218. The molecule has 0 bridgehead atoms. The topological polar surface area (TPSA) is 97.7 Å². The SMILES string of the molecule is CCOc1ccc(N([C@H](CC)C(=O)Nc2ccc3c(c2)sc(=O)n3C(C)C)S(C)(=O)=O)cc1. The van der Waals surface area contributed by atoms with Gasteiger partial charge in [0.1, 0.15) is 11.8 Å². The number of anilines is 2. The van der Waals surface area contributed by atoms with Crippen LogP contribution in [-0.2, 0) is 14.8 Å². The van der Waals surface area contributed by atoms with E-state index in [1.165, 1.54) is 0 Å². The molecule has 3 rings (SSSR count). The fourth-order valence-electron chi connectivity index (χ4n) is 3.75. The van der Waals surface area contributed by atoms with Crippen LogP contribution in [0.4, 0.5) is 11.4 Å². The summed E-state index contributed by atoms with van der Waals surface area (Å²) < 4.78 is 34.3. The first kappa shape index (κ1) is 24.8. The average Bonchev–Trinajstić information content (AvgIpc) is 3.07. The summed E-state index contributed by atoms with van der Waals surface area (Å²) in [6.07, 6.45) is 1.35. The first-order valence-electron chi connectivity index (χ1n) is 10.7. The van der Waals surface area contributed by atoms with E-state index in [-0.39, 0.29) is 17.3 Å². The number of thiazole rings is 1. The van der Waals surface area contributed by atoms with Crippen LogP contribution >= 0.6 is 11.3 Å². The molecule has 1 amide bonds. The van der Waals surface area contributed by atoms with Gasteiger partial charge in [-0.1, -0.05) is 18.3 Å². The summed E-state index contributed by atoms with van der Waals surface area (Å²) >= 11 is 1.11. The lowest BCUT2D eigenvalue weighted by molar-refractivity contribution is -0.117. The minimum atomic E-state index is -3.75. The molecule has 1 N–H and O–H groups in total. The summed E-state index contributed by atoms with van der Waals surface area (Å²) in [6, 6.07) is 10.9. The van der Waals surface area contributed by atoms with Gasteiger partial charge in [-0.2, -0.15) is 0 Å². The minimum Gasteiger partial charge on any atom is -0.494 e. The second-order valence-electron chi connectivity index (χ2n) is 7.91. The van der Waals surface area contributed by atoms with Gasteiger partial charge in [0.15, 0.2) is 0 Å². The highest BCUT2D eigenvalue weighted by Crippen LogP contribution is 2.27. The van der Waals surface area contributed by atoms with Gasteiger partial charge >= 0.3 is 4.87 Å².